The van der Waals surface area contributed by atoms with Gasteiger partial charge in [-0.15, -0.1) is 11.3 Å². The van der Waals surface area contributed by atoms with Crippen LogP contribution in [0.5, 0.6) is 0 Å². The standard InChI is InChI=1S/C18H22N2O2S/c1-3-16(21)19-12-17(22)20-15(18-13(2)9-10-23-18)11-14-7-5-4-6-8-14/h4-10,15H,3,11-12H2,1-2H3,(H,19,21)(H,20,22). The van der Waals surface area contributed by atoms with Crippen molar-refractivity contribution in [3.05, 3.63) is 57.8 Å². The molecular weight excluding hydrogens is 308 g/mol. The molecule has 2 amide bonds. The number of hydrogen-bond donors (Lipinski definition) is 2. The van der Waals surface area contributed by atoms with Gasteiger partial charge in [-0.25, -0.2) is 0 Å². The molecule has 0 fully saturated rings. The van der Waals surface area contributed by atoms with Crippen molar-refractivity contribution >= 4 is 23.2 Å². The Kier molecular flexibility index (Phi) is 6.35. The van der Waals surface area contributed by atoms with Crippen LogP contribution in [0.25, 0.3) is 0 Å². The number of carbonyl (C=O) groups is 2. The molecule has 0 saturated carbocycles. The van der Waals surface area contributed by atoms with E-state index in [1.54, 1.807) is 18.3 Å². The molecule has 0 aliphatic carbocycles. The lowest BCUT2D eigenvalue weighted by Gasteiger charge is -2.19. The van der Waals surface area contributed by atoms with E-state index in [4.69, 9.17) is 0 Å². The maximum absolute atomic E-state index is 12.1. The second kappa shape index (κ2) is 8.48. The average molecular weight is 330 g/mol. The molecule has 2 rings (SSSR count). The SMILES string of the molecule is CCC(=O)NCC(=O)NC(Cc1ccccc1)c1sccc1C. The summed E-state index contributed by atoms with van der Waals surface area (Å²) in [7, 11) is 0. The van der Waals surface area contributed by atoms with Gasteiger partial charge in [0.1, 0.15) is 0 Å². The van der Waals surface area contributed by atoms with Crippen molar-refractivity contribution in [3.63, 3.8) is 0 Å². The summed E-state index contributed by atoms with van der Waals surface area (Å²) in [6.07, 6.45) is 1.11. The van der Waals surface area contributed by atoms with Crippen molar-refractivity contribution in [2.75, 3.05) is 6.54 Å². The van der Waals surface area contributed by atoms with Crippen molar-refractivity contribution < 1.29 is 9.59 Å². The Hall–Kier alpha value is -2.14. The van der Waals surface area contributed by atoms with Gasteiger partial charge >= 0.3 is 0 Å². The van der Waals surface area contributed by atoms with Crippen LogP contribution < -0.4 is 10.6 Å². The Morgan fingerprint density at radius 3 is 2.48 bits per heavy atom. The third-order valence-corrected chi connectivity index (χ3v) is 4.74. The molecular formula is C18H22N2O2S. The Labute approximate surface area is 140 Å². The quantitative estimate of drug-likeness (QED) is 0.820. The van der Waals surface area contributed by atoms with Gasteiger partial charge in [0, 0.05) is 11.3 Å². The zero-order valence-electron chi connectivity index (χ0n) is 13.5. The first-order valence-corrected chi connectivity index (χ1v) is 8.62. The number of hydrogen-bond acceptors (Lipinski definition) is 3. The van der Waals surface area contributed by atoms with Crippen LogP contribution in [0.2, 0.25) is 0 Å². The predicted octanol–water partition coefficient (Wildman–Crippen LogP) is 2.98. The maximum Gasteiger partial charge on any atom is 0.239 e. The zero-order chi connectivity index (χ0) is 16.7. The molecule has 5 heteroatoms. The van der Waals surface area contributed by atoms with E-state index >= 15 is 0 Å². The molecule has 2 aromatic rings. The highest BCUT2D eigenvalue weighted by Crippen LogP contribution is 2.26. The summed E-state index contributed by atoms with van der Waals surface area (Å²) in [5.74, 6) is -0.285. The summed E-state index contributed by atoms with van der Waals surface area (Å²) in [5.41, 5.74) is 2.34. The van der Waals surface area contributed by atoms with E-state index < -0.39 is 0 Å². The van der Waals surface area contributed by atoms with E-state index in [1.165, 1.54) is 11.1 Å². The number of rotatable bonds is 7. The summed E-state index contributed by atoms with van der Waals surface area (Å²) < 4.78 is 0. The van der Waals surface area contributed by atoms with E-state index in [0.717, 1.165) is 11.3 Å². The second-order valence-electron chi connectivity index (χ2n) is 5.41. The largest absolute Gasteiger partial charge is 0.347 e. The molecule has 0 bridgehead atoms. The van der Waals surface area contributed by atoms with Crippen molar-refractivity contribution in [3.8, 4) is 0 Å². The molecule has 1 unspecified atom stereocenters. The lowest BCUT2D eigenvalue weighted by molar-refractivity contribution is -0.126. The number of aryl methyl sites for hydroxylation is 1. The fourth-order valence-corrected chi connectivity index (χ4v) is 3.33. The van der Waals surface area contributed by atoms with Gasteiger partial charge in [-0.1, -0.05) is 37.3 Å². The van der Waals surface area contributed by atoms with E-state index in [-0.39, 0.29) is 24.4 Å². The van der Waals surface area contributed by atoms with Gasteiger partial charge in [0.15, 0.2) is 0 Å². The molecule has 0 aliphatic heterocycles. The number of nitrogens with one attached hydrogen (secondary N) is 2. The number of amides is 2. The summed E-state index contributed by atoms with van der Waals surface area (Å²) in [6.45, 7) is 3.83. The third kappa shape index (κ3) is 5.21. The molecule has 0 saturated heterocycles. The first-order valence-electron chi connectivity index (χ1n) is 7.74. The van der Waals surface area contributed by atoms with Crippen LogP contribution in [-0.2, 0) is 16.0 Å². The first-order chi connectivity index (χ1) is 11.1. The predicted molar refractivity (Wildman–Crippen MR) is 93.4 cm³/mol. The van der Waals surface area contributed by atoms with Crippen molar-refractivity contribution in [1.29, 1.82) is 0 Å². The maximum atomic E-state index is 12.1. The molecule has 0 spiro atoms. The summed E-state index contributed by atoms with van der Waals surface area (Å²) in [5, 5.41) is 7.69. The zero-order valence-corrected chi connectivity index (χ0v) is 14.3. The van der Waals surface area contributed by atoms with Crippen LogP contribution in [0.15, 0.2) is 41.8 Å². The number of benzene rings is 1. The molecule has 0 aliphatic rings. The molecule has 4 nitrogen and oxygen atoms in total. The van der Waals surface area contributed by atoms with Gasteiger partial charge in [0.05, 0.1) is 12.6 Å². The summed E-state index contributed by atoms with van der Waals surface area (Å²) >= 11 is 1.65. The van der Waals surface area contributed by atoms with E-state index in [2.05, 4.69) is 35.8 Å². The first kappa shape index (κ1) is 17.2. The lowest BCUT2D eigenvalue weighted by Crippen LogP contribution is -2.39. The molecule has 23 heavy (non-hydrogen) atoms. The molecule has 1 aromatic carbocycles. The van der Waals surface area contributed by atoms with Crippen LogP contribution in [-0.4, -0.2) is 18.4 Å². The Morgan fingerprint density at radius 2 is 1.87 bits per heavy atom. The van der Waals surface area contributed by atoms with E-state index in [1.807, 2.05) is 23.6 Å². The molecule has 0 radical (unpaired) electrons. The van der Waals surface area contributed by atoms with Crippen LogP contribution >= 0.6 is 11.3 Å². The molecule has 1 aromatic heterocycles. The Morgan fingerprint density at radius 1 is 1.13 bits per heavy atom. The number of carbonyl (C=O) groups excluding carboxylic acids is 2. The minimum Gasteiger partial charge on any atom is -0.347 e. The molecule has 2 N–H and O–H groups in total. The van der Waals surface area contributed by atoms with Gasteiger partial charge in [0.25, 0.3) is 0 Å². The highest BCUT2D eigenvalue weighted by Gasteiger charge is 2.18. The fraction of sp³-hybridized carbons (Fsp3) is 0.333. The van der Waals surface area contributed by atoms with Crippen LogP contribution in [0.1, 0.15) is 35.4 Å². The van der Waals surface area contributed by atoms with Gasteiger partial charge in [-0.2, -0.15) is 0 Å². The van der Waals surface area contributed by atoms with Gasteiger partial charge in [-0.3, -0.25) is 9.59 Å². The highest BCUT2D eigenvalue weighted by atomic mass is 32.1. The van der Waals surface area contributed by atoms with Gasteiger partial charge in [0.2, 0.25) is 11.8 Å². The van der Waals surface area contributed by atoms with Crippen LogP contribution in [0, 0.1) is 6.92 Å². The smallest absolute Gasteiger partial charge is 0.239 e. The second-order valence-corrected chi connectivity index (χ2v) is 6.36. The van der Waals surface area contributed by atoms with Crippen LogP contribution in [0.4, 0.5) is 0 Å². The molecule has 122 valence electrons. The van der Waals surface area contributed by atoms with Crippen molar-refractivity contribution in [2.24, 2.45) is 0 Å². The van der Waals surface area contributed by atoms with E-state index in [9.17, 15) is 9.59 Å². The third-order valence-electron chi connectivity index (χ3n) is 3.60. The monoisotopic (exact) mass is 330 g/mol. The normalized spacial score (nSPS) is 11.7. The minimum absolute atomic E-state index is 0.0163. The van der Waals surface area contributed by atoms with Gasteiger partial charge in [-0.05, 0) is 35.9 Å². The van der Waals surface area contributed by atoms with Crippen molar-refractivity contribution in [1.82, 2.24) is 10.6 Å². The average Bonchev–Trinajstić information content (AvgIpc) is 2.99. The summed E-state index contributed by atoms with van der Waals surface area (Å²) in [4.78, 5) is 24.6. The number of thiophene rings is 1. The van der Waals surface area contributed by atoms with Crippen molar-refractivity contribution in [2.45, 2.75) is 32.7 Å². The Balaban J connectivity index is 2.06. The lowest BCUT2D eigenvalue weighted by atomic mass is 10.0. The van der Waals surface area contributed by atoms with Gasteiger partial charge < -0.3 is 10.6 Å². The van der Waals surface area contributed by atoms with E-state index in [0.29, 0.717) is 6.42 Å². The molecule has 1 atom stereocenters. The Bertz CT molecular complexity index is 652. The molecule has 1 heterocycles. The topological polar surface area (TPSA) is 58.2 Å². The summed E-state index contributed by atoms with van der Waals surface area (Å²) in [6, 6.07) is 12.1. The highest BCUT2D eigenvalue weighted by molar-refractivity contribution is 7.10. The minimum atomic E-state index is -0.166. The fourth-order valence-electron chi connectivity index (χ4n) is 2.35. The van der Waals surface area contributed by atoms with Crippen LogP contribution in [0.3, 0.4) is 0 Å².